The lowest BCUT2D eigenvalue weighted by Crippen LogP contribution is -2.13. The number of nitrogens with one attached hydrogen (secondary N) is 1. The van der Waals surface area contributed by atoms with Crippen molar-refractivity contribution in [2.45, 2.75) is 13.0 Å². The highest BCUT2D eigenvalue weighted by atomic mass is 35.5. The van der Waals surface area contributed by atoms with Crippen molar-refractivity contribution < 1.29 is 4.74 Å². The van der Waals surface area contributed by atoms with Crippen molar-refractivity contribution in [1.82, 2.24) is 5.32 Å². The van der Waals surface area contributed by atoms with E-state index in [0.29, 0.717) is 12.5 Å². The molecule has 1 aliphatic heterocycles. The summed E-state index contributed by atoms with van der Waals surface area (Å²) in [6.07, 6.45) is 1.22. The van der Waals surface area contributed by atoms with Crippen molar-refractivity contribution in [2.75, 3.05) is 19.7 Å². The van der Waals surface area contributed by atoms with Gasteiger partial charge in [-0.15, -0.1) is 0 Å². The molecule has 2 nitrogen and oxygen atoms in total. The molecular formula is C12H16ClNO. The Hall–Kier alpha value is -0.570. The molecule has 0 radical (unpaired) electrons. The van der Waals surface area contributed by atoms with Gasteiger partial charge in [0.2, 0.25) is 0 Å². The number of halogens is 1. The van der Waals surface area contributed by atoms with Crippen molar-refractivity contribution >= 4 is 11.6 Å². The van der Waals surface area contributed by atoms with E-state index in [1.54, 1.807) is 0 Å². The molecular weight excluding hydrogens is 210 g/mol. The zero-order valence-electron chi connectivity index (χ0n) is 8.71. The van der Waals surface area contributed by atoms with Gasteiger partial charge in [0.05, 0.1) is 13.2 Å². The normalized spacial score (nSPS) is 20.7. The summed E-state index contributed by atoms with van der Waals surface area (Å²) in [5.41, 5.74) is 1.07. The summed E-state index contributed by atoms with van der Waals surface area (Å²) < 4.78 is 5.66. The van der Waals surface area contributed by atoms with Gasteiger partial charge in [-0.05, 0) is 30.5 Å². The molecule has 0 spiro atoms. The lowest BCUT2D eigenvalue weighted by molar-refractivity contribution is 0.0925. The summed E-state index contributed by atoms with van der Waals surface area (Å²) in [5, 5.41) is 4.12. The lowest BCUT2D eigenvalue weighted by atomic mass is 10.1. The molecule has 2 rings (SSSR count). The molecule has 1 unspecified atom stereocenters. The molecule has 1 atom stereocenters. The Labute approximate surface area is 95.6 Å². The molecule has 0 aromatic heterocycles. The first-order chi connectivity index (χ1) is 7.36. The second kappa shape index (κ2) is 5.50. The second-order valence-electron chi connectivity index (χ2n) is 3.97. The summed E-state index contributed by atoms with van der Waals surface area (Å²) in [4.78, 5) is 0. The first kappa shape index (κ1) is 10.9. The summed E-state index contributed by atoms with van der Waals surface area (Å²) >= 11 is 6.03. The van der Waals surface area contributed by atoms with Crippen LogP contribution in [0.1, 0.15) is 12.0 Å². The molecule has 1 saturated heterocycles. The molecule has 0 saturated carbocycles. The average molecular weight is 226 g/mol. The minimum Gasteiger partial charge on any atom is -0.376 e. The molecule has 1 N–H and O–H groups in total. The molecule has 15 heavy (non-hydrogen) atoms. The standard InChI is InChI=1S/C12H16ClNO/c13-12-4-2-1-3-11(12)9-15-8-10-5-6-14-7-10/h1-4,10,14H,5-9H2. The molecule has 1 aromatic carbocycles. The maximum absolute atomic E-state index is 6.03. The Morgan fingerprint density at radius 2 is 2.27 bits per heavy atom. The Morgan fingerprint density at radius 1 is 1.40 bits per heavy atom. The van der Waals surface area contributed by atoms with Crippen molar-refractivity contribution in [3.63, 3.8) is 0 Å². The number of hydrogen-bond acceptors (Lipinski definition) is 2. The Bertz CT molecular complexity index is 310. The molecule has 1 aliphatic rings. The van der Waals surface area contributed by atoms with E-state index in [1.165, 1.54) is 6.42 Å². The van der Waals surface area contributed by atoms with Crippen molar-refractivity contribution in [3.8, 4) is 0 Å². The topological polar surface area (TPSA) is 21.3 Å². The maximum atomic E-state index is 6.03. The third kappa shape index (κ3) is 3.20. The van der Waals surface area contributed by atoms with Crippen LogP contribution in [0.3, 0.4) is 0 Å². The minimum absolute atomic E-state index is 0.621. The highest BCUT2D eigenvalue weighted by Gasteiger charge is 2.14. The number of ether oxygens (including phenoxy) is 1. The summed E-state index contributed by atoms with van der Waals surface area (Å²) in [5.74, 6) is 0.674. The van der Waals surface area contributed by atoms with Gasteiger partial charge in [-0.3, -0.25) is 0 Å². The van der Waals surface area contributed by atoms with Crippen molar-refractivity contribution in [2.24, 2.45) is 5.92 Å². The first-order valence-electron chi connectivity index (χ1n) is 5.38. The first-order valence-corrected chi connectivity index (χ1v) is 5.76. The van der Waals surface area contributed by atoms with Gasteiger partial charge < -0.3 is 10.1 Å². The zero-order chi connectivity index (χ0) is 10.5. The van der Waals surface area contributed by atoms with Crippen molar-refractivity contribution in [1.29, 1.82) is 0 Å². The molecule has 0 aliphatic carbocycles. The highest BCUT2D eigenvalue weighted by molar-refractivity contribution is 6.31. The summed E-state index contributed by atoms with van der Waals surface area (Å²) in [6.45, 7) is 3.66. The fourth-order valence-corrected chi connectivity index (χ4v) is 2.00. The molecule has 0 bridgehead atoms. The van der Waals surface area contributed by atoms with Crippen LogP contribution < -0.4 is 5.32 Å². The van der Waals surface area contributed by atoms with Crippen LogP contribution in [-0.2, 0) is 11.3 Å². The predicted molar refractivity (Wildman–Crippen MR) is 62.1 cm³/mol. The van der Waals surface area contributed by atoms with Gasteiger partial charge in [-0.2, -0.15) is 0 Å². The van der Waals surface area contributed by atoms with E-state index in [4.69, 9.17) is 16.3 Å². The van der Waals surface area contributed by atoms with Gasteiger partial charge in [0.1, 0.15) is 0 Å². The van der Waals surface area contributed by atoms with Gasteiger partial charge in [0.15, 0.2) is 0 Å². The Balaban J connectivity index is 1.75. The Kier molecular flexibility index (Phi) is 4.01. The summed E-state index contributed by atoms with van der Waals surface area (Å²) in [7, 11) is 0. The molecule has 3 heteroatoms. The van der Waals surface area contributed by atoms with Gasteiger partial charge in [0, 0.05) is 11.6 Å². The third-order valence-electron chi connectivity index (χ3n) is 2.73. The van der Waals surface area contributed by atoms with Crippen LogP contribution in [0.15, 0.2) is 24.3 Å². The van der Waals surface area contributed by atoms with Crippen LogP contribution in [0.25, 0.3) is 0 Å². The van der Waals surface area contributed by atoms with E-state index < -0.39 is 0 Å². The molecule has 0 amide bonds. The smallest absolute Gasteiger partial charge is 0.0731 e. The fourth-order valence-electron chi connectivity index (χ4n) is 1.81. The van der Waals surface area contributed by atoms with E-state index in [0.717, 1.165) is 30.3 Å². The van der Waals surface area contributed by atoms with Crippen molar-refractivity contribution in [3.05, 3.63) is 34.9 Å². The van der Waals surface area contributed by atoms with Gasteiger partial charge in [-0.1, -0.05) is 29.8 Å². The molecule has 1 heterocycles. The zero-order valence-corrected chi connectivity index (χ0v) is 9.46. The van der Waals surface area contributed by atoms with E-state index in [1.807, 2.05) is 24.3 Å². The highest BCUT2D eigenvalue weighted by Crippen LogP contribution is 2.16. The van der Waals surface area contributed by atoms with Crippen LogP contribution in [0.5, 0.6) is 0 Å². The largest absolute Gasteiger partial charge is 0.376 e. The van der Waals surface area contributed by atoms with Gasteiger partial charge >= 0.3 is 0 Å². The number of rotatable bonds is 4. The molecule has 1 fully saturated rings. The van der Waals surface area contributed by atoms with Crippen LogP contribution >= 0.6 is 11.6 Å². The Morgan fingerprint density at radius 3 is 3.00 bits per heavy atom. The predicted octanol–water partition coefficient (Wildman–Crippen LogP) is 2.47. The maximum Gasteiger partial charge on any atom is 0.0731 e. The quantitative estimate of drug-likeness (QED) is 0.850. The minimum atomic E-state index is 0.621. The number of benzene rings is 1. The summed E-state index contributed by atoms with van der Waals surface area (Å²) in [6, 6.07) is 7.83. The van der Waals surface area contributed by atoms with Crippen LogP contribution in [0.2, 0.25) is 5.02 Å². The van der Waals surface area contributed by atoms with Gasteiger partial charge in [0.25, 0.3) is 0 Å². The SMILES string of the molecule is Clc1ccccc1COCC1CCNC1. The average Bonchev–Trinajstić information content (AvgIpc) is 2.74. The fraction of sp³-hybridized carbons (Fsp3) is 0.500. The number of hydrogen-bond donors (Lipinski definition) is 1. The van der Waals surface area contributed by atoms with E-state index >= 15 is 0 Å². The monoisotopic (exact) mass is 225 g/mol. The van der Waals surface area contributed by atoms with Crippen LogP contribution in [0, 0.1) is 5.92 Å². The van der Waals surface area contributed by atoms with E-state index in [2.05, 4.69) is 5.32 Å². The third-order valence-corrected chi connectivity index (χ3v) is 3.10. The second-order valence-corrected chi connectivity index (χ2v) is 4.37. The van der Waals surface area contributed by atoms with Crippen LogP contribution in [0.4, 0.5) is 0 Å². The van der Waals surface area contributed by atoms with E-state index in [-0.39, 0.29) is 0 Å². The van der Waals surface area contributed by atoms with Crippen LogP contribution in [-0.4, -0.2) is 19.7 Å². The lowest BCUT2D eigenvalue weighted by Gasteiger charge is -2.10. The van der Waals surface area contributed by atoms with E-state index in [9.17, 15) is 0 Å². The molecule has 82 valence electrons. The van der Waals surface area contributed by atoms with Gasteiger partial charge in [-0.25, -0.2) is 0 Å². The molecule has 1 aromatic rings.